The Morgan fingerprint density at radius 3 is 2.04 bits per heavy atom. The van der Waals surface area contributed by atoms with Crippen LogP contribution in [0.2, 0.25) is 0 Å². The van der Waals surface area contributed by atoms with Gasteiger partial charge >= 0.3 is 23.9 Å². The minimum Gasteiger partial charge on any atom is -0.463 e. The molecule has 2 aromatic carbocycles. The van der Waals surface area contributed by atoms with Crippen molar-refractivity contribution in [3.05, 3.63) is 82.0 Å². The van der Waals surface area contributed by atoms with Gasteiger partial charge < -0.3 is 28.4 Å². The van der Waals surface area contributed by atoms with Crippen molar-refractivity contribution in [3.8, 4) is 10.4 Å². The average molecular weight is 657 g/mol. The van der Waals surface area contributed by atoms with Crippen molar-refractivity contribution in [2.75, 3.05) is 13.7 Å². The minimum absolute atomic E-state index is 0.191. The molecule has 244 valence electrons. The van der Waals surface area contributed by atoms with Crippen LogP contribution >= 0.6 is 11.3 Å². The Labute approximate surface area is 268 Å². The lowest BCUT2D eigenvalue weighted by molar-refractivity contribution is -0.367. The van der Waals surface area contributed by atoms with Crippen molar-refractivity contribution in [1.82, 2.24) is 0 Å². The number of benzene rings is 2. The predicted molar refractivity (Wildman–Crippen MR) is 161 cm³/mol. The quantitative estimate of drug-likeness (QED) is 0.171. The van der Waals surface area contributed by atoms with Gasteiger partial charge in [0.05, 0.1) is 4.88 Å². The Kier molecular flexibility index (Phi) is 10.7. The molecule has 1 aliphatic rings. The third-order valence-corrected chi connectivity index (χ3v) is 8.32. The number of thiophene rings is 1. The molecule has 0 saturated carbocycles. The van der Waals surface area contributed by atoms with E-state index in [1.807, 2.05) is 0 Å². The summed E-state index contributed by atoms with van der Waals surface area (Å²) in [4.78, 5) is 63.7. The Bertz CT molecular complexity index is 1630. The Morgan fingerprint density at radius 2 is 1.46 bits per heavy atom. The zero-order chi connectivity index (χ0) is 33.8. The van der Waals surface area contributed by atoms with Crippen molar-refractivity contribution in [1.29, 1.82) is 0 Å². The van der Waals surface area contributed by atoms with Gasteiger partial charge in [0.25, 0.3) is 0 Å². The van der Waals surface area contributed by atoms with Crippen LogP contribution in [-0.2, 0) is 53.4 Å². The molecule has 46 heavy (non-hydrogen) atoms. The van der Waals surface area contributed by atoms with Crippen LogP contribution in [0.15, 0.2) is 54.6 Å². The van der Waals surface area contributed by atoms with Crippen molar-refractivity contribution in [2.45, 2.75) is 64.8 Å². The lowest BCUT2D eigenvalue weighted by Gasteiger charge is -2.50. The number of esters is 4. The predicted octanol–water partition coefficient (Wildman–Crippen LogP) is 4.65. The van der Waals surface area contributed by atoms with E-state index in [1.165, 1.54) is 43.6 Å². The molecule has 5 atom stereocenters. The number of ketones is 1. The van der Waals surface area contributed by atoms with E-state index < -0.39 is 60.7 Å². The third-order valence-electron chi connectivity index (χ3n) is 7.18. The van der Waals surface area contributed by atoms with Crippen molar-refractivity contribution >= 4 is 41.0 Å². The molecule has 3 aromatic rings. The summed E-state index contributed by atoms with van der Waals surface area (Å²) in [5, 5.41) is 0. The molecule has 0 spiro atoms. The molecule has 11 nitrogen and oxygen atoms in total. The number of hydrogen-bond donors (Lipinski definition) is 0. The highest BCUT2D eigenvalue weighted by atomic mass is 32.1. The minimum atomic E-state index is -2.05. The van der Waals surface area contributed by atoms with E-state index in [0.717, 1.165) is 31.2 Å². The molecule has 0 bridgehead atoms. The van der Waals surface area contributed by atoms with E-state index in [9.17, 15) is 28.4 Å². The van der Waals surface area contributed by atoms with Gasteiger partial charge in [-0.3, -0.25) is 24.0 Å². The number of carbonyl (C=O) groups is 5. The molecule has 0 radical (unpaired) electrons. The average Bonchev–Trinajstić information content (AvgIpc) is 3.48. The maximum atomic E-state index is 13.9. The Hall–Kier alpha value is -4.46. The first-order valence-electron chi connectivity index (χ1n) is 14.1. The summed E-state index contributed by atoms with van der Waals surface area (Å²) in [6.07, 6.45) is -5.72. The first-order chi connectivity index (χ1) is 21.7. The lowest BCUT2D eigenvalue weighted by atomic mass is 9.85. The first kappa shape index (κ1) is 34.4. The van der Waals surface area contributed by atoms with Crippen molar-refractivity contribution in [2.24, 2.45) is 0 Å². The number of carbonyl (C=O) groups excluding carboxylic acids is 5. The number of hydrogen-bond acceptors (Lipinski definition) is 12. The van der Waals surface area contributed by atoms with Crippen LogP contribution in [0.3, 0.4) is 0 Å². The summed E-state index contributed by atoms with van der Waals surface area (Å²) >= 11 is 1.22. The van der Waals surface area contributed by atoms with Crippen LogP contribution in [0.5, 0.6) is 0 Å². The molecule has 0 aliphatic carbocycles. The number of halogens is 1. The second kappa shape index (κ2) is 14.3. The summed E-state index contributed by atoms with van der Waals surface area (Å²) in [6, 6.07) is 14.1. The molecular formula is C33H33FO11S. The summed E-state index contributed by atoms with van der Waals surface area (Å²) in [5.74, 6) is -5.81. The van der Waals surface area contributed by atoms with Gasteiger partial charge in [0.2, 0.25) is 17.7 Å². The molecule has 1 saturated heterocycles. The molecule has 4 rings (SSSR count). The normalized spacial score (nSPS) is 22.4. The fourth-order valence-corrected chi connectivity index (χ4v) is 6.19. The van der Waals surface area contributed by atoms with E-state index >= 15 is 0 Å². The number of rotatable bonds is 10. The molecule has 13 heteroatoms. The first-order valence-corrected chi connectivity index (χ1v) is 15.0. The van der Waals surface area contributed by atoms with E-state index in [0.29, 0.717) is 10.4 Å². The van der Waals surface area contributed by atoms with Crippen LogP contribution in [0.25, 0.3) is 10.4 Å². The van der Waals surface area contributed by atoms with Gasteiger partial charge in [0.1, 0.15) is 18.5 Å². The Balaban J connectivity index is 1.84. The highest BCUT2D eigenvalue weighted by Gasteiger charge is 2.61. The van der Waals surface area contributed by atoms with Gasteiger partial charge in [-0.25, -0.2) is 4.39 Å². The van der Waals surface area contributed by atoms with Crippen LogP contribution in [0.4, 0.5) is 4.39 Å². The summed E-state index contributed by atoms with van der Waals surface area (Å²) < 4.78 is 47.6. The summed E-state index contributed by atoms with van der Waals surface area (Å²) in [6.45, 7) is 5.81. The maximum absolute atomic E-state index is 13.9. The lowest BCUT2D eigenvalue weighted by Crippen LogP contribution is -2.67. The van der Waals surface area contributed by atoms with Crippen molar-refractivity contribution in [3.63, 3.8) is 0 Å². The zero-order valence-corrected chi connectivity index (χ0v) is 26.8. The molecule has 0 amide bonds. The largest absolute Gasteiger partial charge is 0.463 e. The number of methoxy groups -OCH3 is 1. The van der Waals surface area contributed by atoms with Crippen molar-refractivity contribution < 1.29 is 56.8 Å². The fraction of sp³-hybridized carbons (Fsp3) is 0.364. The van der Waals surface area contributed by atoms with Crippen LogP contribution in [0.1, 0.15) is 54.1 Å². The van der Waals surface area contributed by atoms with Gasteiger partial charge in [-0.15, -0.1) is 11.3 Å². The highest BCUT2D eigenvalue weighted by Crippen LogP contribution is 2.44. The standard InChI is InChI=1S/C33H33FO11S/c1-17-7-10-23(15-25(17)29(39)28-14-13-27(46-28)22-8-11-24(34)12-9-22)33(40-6)32(44-21(5)38)31(43-20(4)37)30(42-19(3)36)26(45-33)16-41-18(2)35/h7-15,26,30-32H,16H2,1-6H3/t26-,30-,31+,32-,33?/m1/s1. The zero-order valence-electron chi connectivity index (χ0n) is 26.0. The van der Waals surface area contributed by atoms with Gasteiger partial charge in [0, 0.05) is 50.8 Å². The SMILES string of the molecule is COC1(c2ccc(C)c(C(=O)c3ccc(-c4ccc(F)cc4)s3)c2)O[C@H](COC(C)=O)[C@@H](OC(C)=O)[C@H](OC(C)=O)[C@H]1OC(C)=O. The number of aryl methyl sites for hydroxylation is 1. The monoisotopic (exact) mass is 656 g/mol. The Morgan fingerprint density at radius 1 is 0.826 bits per heavy atom. The van der Waals surface area contributed by atoms with Crippen LogP contribution in [0, 0.1) is 12.7 Å². The molecule has 1 unspecified atom stereocenters. The van der Waals surface area contributed by atoms with E-state index in [4.69, 9.17) is 28.4 Å². The molecule has 1 aliphatic heterocycles. The van der Waals surface area contributed by atoms with Gasteiger partial charge in [0.15, 0.2) is 12.2 Å². The van der Waals surface area contributed by atoms with E-state index in [-0.39, 0.29) is 22.7 Å². The molecule has 1 aromatic heterocycles. The van der Waals surface area contributed by atoms with Crippen LogP contribution < -0.4 is 0 Å². The van der Waals surface area contributed by atoms with E-state index in [1.54, 1.807) is 43.3 Å². The van der Waals surface area contributed by atoms with Gasteiger partial charge in [-0.1, -0.05) is 24.3 Å². The molecule has 2 heterocycles. The third kappa shape index (κ3) is 7.49. The van der Waals surface area contributed by atoms with E-state index in [2.05, 4.69) is 0 Å². The molecular weight excluding hydrogens is 623 g/mol. The molecule has 0 N–H and O–H groups in total. The van der Waals surface area contributed by atoms with Crippen LogP contribution in [-0.4, -0.2) is 67.8 Å². The second-order valence-corrected chi connectivity index (χ2v) is 11.6. The van der Waals surface area contributed by atoms with Gasteiger partial charge in [-0.05, 0) is 48.4 Å². The second-order valence-electron chi connectivity index (χ2n) is 10.5. The van der Waals surface area contributed by atoms with Gasteiger partial charge in [-0.2, -0.15) is 0 Å². The topological polar surface area (TPSA) is 141 Å². The maximum Gasteiger partial charge on any atom is 0.303 e. The summed E-state index contributed by atoms with van der Waals surface area (Å²) in [5.41, 5.74) is 1.79. The number of ether oxygens (including phenoxy) is 6. The molecule has 1 fully saturated rings. The smallest absolute Gasteiger partial charge is 0.303 e. The highest BCUT2D eigenvalue weighted by molar-refractivity contribution is 7.17. The summed E-state index contributed by atoms with van der Waals surface area (Å²) in [7, 11) is 1.26. The fourth-order valence-electron chi connectivity index (χ4n) is 5.23.